The van der Waals surface area contributed by atoms with E-state index in [1.54, 1.807) is 6.20 Å². The Labute approximate surface area is 78.6 Å². The van der Waals surface area contributed by atoms with Gasteiger partial charge in [0.1, 0.15) is 0 Å². The van der Waals surface area contributed by atoms with E-state index in [4.69, 9.17) is 10.8 Å². The van der Waals surface area contributed by atoms with Crippen LogP contribution in [0.3, 0.4) is 0 Å². The molecule has 1 rings (SSSR count). The average molecular weight is 180 g/mol. The van der Waals surface area contributed by atoms with Gasteiger partial charge in [-0.1, -0.05) is 19.4 Å². The first kappa shape index (κ1) is 10.2. The molecular weight excluding hydrogens is 164 g/mol. The van der Waals surface area contributed by atoms with E-state index in [2.05, 4.69) is 11.9 Å². The number of aliphatic hydroxyl groups is 1. The molecule has 0 spiro atoms. The largest absolute Gasteiger partial charge is 0.390 e. The highest BCUT2D eigenvalue weighted by molar-refractivity contribution is 5.16. The monoisotopic (exact) mass is 180 g/mol. The second-order valence-electron chi connectivity index (χ2n) is 3.14. The van der Waals surface area contributed by atoms with Gasteiger partial charge in [0.15, 0.2) is 0 Å². The minimum atomic E-state index is -0.0106. The van der Waals surface area contributed by atoms with Crippen LogP contribution in [0.15, 0.2) is 18.3 Å². The van der Waals surface area contributed by atoms with E-state index in [9.17, 15) is 0 Å². The maximum absolute atomic E-state index is 8.78. The third kappa shape index (κ3) is 2.79. The van der Waals surface area contributed by atoms with E-state index in [-0.39, 0.29) is 12.6 Å². The number of hydrogen-bond acceptors (Lipinski definition) is 3. The summed E-state index contributed by atoms with van der Waals surface area (Å²) in [6.07, 6.45) is 3.79. The molecule has 72 valence electrons. The van der Waals surface area contributed by atoms with Gasteiger partial charge in [0.25, 0.3) is 0 Å². The number of hydrogen-bond donors (Lipinski definition) is 2. The molecule has 0 aliphatic rings. The maximum Gasteiger partial charge on any atom is 0.0852 e. The van der Waals surface area contributed by atoms with Gasteiger partial charge in [-0.15, -0.1) is 0 Å². The summed E-state index contributed by atoms with van der Waals surface area (Å²) in [6.45, 7) is 2.10. The molecule has 0 aliphatic carbocycles. The highest BCUT2D eigenvalue weighted by Crippen LogP contribution is 2.14. The summed E-state index contributed by atoms with van der Waals surface area (Å²) in [6, 6.07) is 3.81. The van der Waals surface area contributed by atoms with Gasteiger partial charge in [-0.25, -0.2) is 0 Å². The van der Waals surface area contributed by atoms with E-state index < -0.39 is 0 Å². The summed E-state index contributed by atoms with van der Waals surface area (Å²) < 4.78 is 0. The molecule has 1 heterocycles. The van der Waals surface area contributed by atoms with E-state index in [1.165, 1.54) is 0 Å². The summed E-state index contributed by atoms with van der Waals surface area (Å²) >= 11 is 0. The van der Waals surface area contributed by atoms with Crippen LogP contribution in [0.2, 0.25) is 0 Å². The average Bonchev–Trinajstić information content (AvgIpc) is 2.18. The van der Waals surface area contributed by atoms with Crippen LogP contribution in [0.4, 0.5) is 0 Å². The summed E-state index contributed by atoms with van der Waals surface area (Å²) in [4.78, 5) is 4.07. The van der Waals surface area contributed by atoms with Gasteiger partial charge < -0.3 is 10.8 Å². The Morgan fingerprint density at radius 1 is 1.54 bits per heavy atom. The minimum absolute atomic E-state index is 0.0106. The number of aromatic nitrogens is 1. The van der Waals surface area contributed by atoms with Gasteiger partial charge in [0.05, 0.1) is 12.3 Å². The van der Waals surface area contributed by atoms with Crippen LogP contribution in [-0.2, 0) is 6.61 Å². The van der Waals surface area contributed by atoms with E-state index >= 15 is 0 Å². The quantitative estimate of drug-likeness (QED) is 0.735. The van der Waals surface area contributed by atoms with Crippen molar-refractivity contribution in [1.82, 2.24) is 4.98 Å². The Balaban J connectivity index is 2.67. The van der Waals surface area contributed by atoms with Crippen molar-refractivity contribution >= 4 is 0 Å². The number of pyridine rings is 1. The molecule has 0 radical (unpaired) electrons. The van der Waals surface area contributed by atoms with Crippen LogP contribution in [0.25, 0.3) is 0 Å². The normalized spacial score (nSPS) is 12.8. The second kappa shape index (κ2) is 4.94. The summed E-state index contributed by atoms with van der Waals surface area (Å²) in [5.41, 5.74) is 7.62. The number of nitrogens with two attached hydrogens (primary N) is 1. The van der Waals surface area contributed by atoms with Crippen LogP contribution in [0.5, 0.6) is 0 Å². The van der Waals surface area contributed by atoms with Crippen molar-refractivity contribution in [3.8, 4) is 0 Å². The zero-order chi connectivity index (χ0) is 9.68. The molecule has 0 saturated carbocycles. The van der Waals surface area contributed by atoms with Crippen LogP contribution in [0.1, 0.15) is 37.1 Å². The fourth-order valence-electron chi connectivity index (χ4n) is 1.23. The Morgan fingerprint density at radius 3 is 2.77 bits per heavy atom. The first-order valence-electron chi connectivity index (χ1n) is 4.59. The molecule has 0 saturated heterocycles. The molecular formula is C10H16N2O. The number of nitrogens with zero attached hydrogens (tertiary/aromatic N) is 1. The lowest BCUT2D eigenvalue weighted by Crippen LogP contribution is -2.10. The summed E-state index contributed by atoms with van der Waals surface area (Å²) in [7, 11) is 0. The molecule has 3 N–H and O–H groups in total. The Bertz CT molecular complexity index is 246. The molecule has 0 amide bonds. The highest BCUT2D eigenvalue weighted by atomic mass is 16.3. The first-order valence-corrected chi connectivity index (χ1v) is 4.59. The molecule has 1 atom stereocenters. The van der Waals surface area contributed by atoms with Crippen molar-refractivity contribution in [3.63, 3.8) is 0 Å². The van der Waals surface area contributed by atoms with Gasteiger partial charge in [-0.3, -0.25) is 4.98 Å². The maximum atomic E-state index is 8.78. The molecule has 3 heteroatoms. The molecule has 0 aliphatic heterocycles. The van der Waals surface area contributed by atoms with Crippen molar-refractivity contribution in [2.45, 2.75) is 32.4 Å². The third-order valence-corrected chi connectivity index (χ3v) is 2.04. The minimum Gasteiger partial charge on any atom is -0.390 e. The zero-order valence-electron chi connectivity index (χ0n) is 7.90. The summed E-state index contributed by atoms with van der Waals surface area (Å²) in [5, 5.41) is 8.78. The summed E-state index contributed by atoms with van der Waals surface area (Å²) in [5.74, 6) is 0. The Hall–Kier alpha value is -0.930. The van der Waals surface area contributed by atoms with Crippen molar-refractivity contribution in [2.75, 3.05) is 0 Å². The standard InChI is InChI=1S/C10H16N2O/c1-2-3-10(11)8-4-5-9(7-13)12-6-8/h4-6,10,13H,2-3,7,11H2,1H3/t10-/m1/s1. The lowest BCUT2D eigenvalue weighted by molar-refractivity contribution is 0.277. The molecule has 1 aromatic heterocycles. The fourth-order valence-corrected chi connectivity index (χ4v) is 1.23. The zero-order valence-corrected chi connectivity index (χ0v) is 7.90. The molecule has 1 aromatic rings. The predicted octanol–water partition coefficient (Wildman–Crippen LogP) is 1.37. The second-order valence-corrected chi connectivity index (χ2v) is 3.14. The smallest absolute Gasteiger partial charge is 0.0852 e. The fraction of sp³-hybridized carbons (Fsp3) is 0.500. The number of aliphatic hydroxyl groups excluding tert-OH is 1. The van der Waals surface area contributed by atoms with E-state index in [1.807, 2.05) is 12.1 Å². The van der Waals surface area contributed by atoms with Crippen molar-refractivity contribution < 1.29 is 5.11 Å². The van der Waals surface area contributed by atoms with Crippen molar-refractivity contribution in [1.29, 1.82) is 0 Å². The van der Waals surface area contributed by atoms with Crippen LogP contribution in [0, 0.1) is 0 Å². The molecule has 0 bridgehead atoms. The molecule has 13 heavy (non-hydrogen) atoms. The Kier molecular flexibility index (Phi) is 3.86. The molecule has 0 fully saturated rings. The van der Waals surface area contributed by atoms with Gasteiger partial charge in [0, 0.05) is 12.2 Å². The molecule has 3 nitrogen and oxygen atoms in total. The lowest BCUT2D eigenvalue weighted by Gasteiger charge is -2.09. The van der Waals surface area contributed by atoms with Crippen molar-refractivity contribution in [2.24, 2.45) is 5.73 Å². The van der Waals surface area contributed by atoms with Crippen LogP contribution < -0.4 is 5.73 Å². The van der Waals surface area contributed by atoms with E-state index in [0.717, 1.165) is 18.4 Å². The van der Waals surface area contributed by atoms with Crippen LogP contribution in [-0.4, -0.2) is 10.1 Å². The van der Waals surface area contributed by atoms with Gasteiger partial charge in [-0.2, -0.15) is 0 Å². The first-order chi connectivity index (χ1) is 6.27. The lowest BCUT2D eigenvalue weighted by atomic mass is 10.1. The van der Waals surface area contributed by atoms with Gasteiger partial charge in [-0.05, 0) is 18.1 Å². The topological polar surface area (TPSA) is 59.1 Å². The molecule has 0 aromatic carbocycles. The van der Waals surface area contributed by atoms with E-state index in [0.29, 0.717) is 5.69 Å². The van der Waals surface area contributed by atoms with Crippen molar-refractivity contribution in [3.05, 3.63) is 29.6 Å². The van der Waals surface area contributed by atoms with Crippen LogP contribution >= 0.6 is 0 Å². The number of rotatable bonds is 4. The molecule has 0 unspecified atom stereocenters. The van der Waals surface area contributed by atoms with Gasteiger partial charge in [0.2, 0.25) is 0 Å². The van der Waals surface area contributed by atoms with Gasteiger partial charge >= 0.3 is 0 Å². The predicted molar refractivity (Wildman–Crippen MR) is 52.0 cm³/mol. The highest BCUT2D eigenvalue weighted by Gasteiger charge is 2.04. The Morgan fingerprint density at radius 2 is 2.31 bits per heavy atom. The third-order valence-electron chi connectivity index (χ3n) is 2.04. The SMILES string of the molecule is CCC[C@@H](N)c1ccc(CO)nc1.